The summed E-state index contributed by atoms with van der Waals surface area (Å²) < 4.78 is 11.2. The molecule has 7 nitrogen and oxygen atoms in total. The molecule has 1 aromatic heterocycles. The molecule has 1 unspecified atom stereocenters. The van der Waals surface area contributed by atoms with Crippen LogP contribution in [0.4, 0.5) is 5.82 Å². The van der Waals surface area contributed by atoms with Gasteiger partial charge in [0, 0.05) is 38.2 Å². The van der Waals surface area contributed by atoms with Crippen LogP contribution in [0.5, 0.6) is 6.01 Å². The SMILES string of the molecule is CN(C)CCOc1nc2c(c(NC3CCOC3)n1)CNCC2. The van der Waals surface area contributed by atoms with Crippen molar-refractivity contribution in [2.45, 2.75) is 25.4 Å². The Balaban J connectivity index is 1.75. The van der Waals surface area contributed by atoms with E-state index in [1.54, 1.807) is 0 Å². The number of rotatable bonds is 6. The molecular formula is C15H25N5O2. The third-order valence-corrected chi connectivity index (χ3v) is 3.95. The molecule has 0 aromatic carbocycles. The molecule has 0 radical (unpaired) electrons. The fraction of sp³-hybridized carbons (Fsp3) is 0.733. The van der Waals surface area contributed by atoms with Crippen LogP contribution in [-0.2, 0) is 17.7 Å². The Labute approximate surface area is 131 Å². The molecule has 2 aliphatic heterocycles. The Bertz CT molecular complexity index is 503. The third kappa shape index (κ3) is 3.85. The lowest BCUT2D eigenvalue weighted by Gasteiger charge is -2.22. The van der Waals surface area contributed by atoms with Crippen molar-refractivity contribution in [1.29, 1.82) is 0 Å². The van der Waals surface area contributed by atoms with Crippen LogP contribution in [0, 0.1) is 0 Å². The summed E-state index contributed by atoms with van der Waals surface area (Å²) in [6, 6.07) is 0.805. The van der Waals surface area contributed by atoms with Gasteiger partial charge in [-0.25, -0.2) is 0 Å². The van der Waals surface area contributed by atoms with Crippen LogP contribution in [0.1, 0.15) is 17.7 Å². The summed E-state index contributed by atoms with van der Waals surface area (Å²) in [5.41, 5.74) is 2.26. The molecule has 122 valence electrons. The van der Waals surface area contributed by atoms with Crippen molar-refractivity contribution in [2.24, 2.45) is 0 Å². The molecule has 0 aliphatic carbocycles. The summed E-state index contributed by atoms with van der Waals surface area (Å²) in [5, 5.41) is 6.89. The lowest BCUT2D eigenvalue weighted by atomic mass is 10.1. The maximum Gasteiger partial charge on any atom is 0.318 e. The van der Waals surface area contributed by atoms with Gasteiger partial charge in [-0.1, -0.05) is 0 Å². The predicted molar refractivity (Wildman–Crippen MR) is 84.3 cm³/mol. The second-order valence-corrected chi connectivity index (χ2v) is 6.06. The second kappa shape index (κ2) is 7.21. The minimum Gasteiger partial charge on any atom is -0.462 e. The van der Waals surface area contributed by atoms with Crippen LogP contribution in [0.3, 0.4) is 0 Å². The van der Waals surface area contributed by atoms with Crippen molar-refractivity contribution < 1.29 is 9.47 Å². The van der Waals surface area contributed by atoms with Crippen molar-refractivity contribution in [1.82, 2.24) is 20.2 Å². The molecule has 22 heavy (non-hydrogen) atoms. The first-order valence-corrected chi connectivity index (χ1v) is 7.94. The van der Waals surface area contributed by atoms with Crippen molar-refractivity contribution in [3.63, 3.8) is 0 Å². The van der Waals surface area contributed by atoms with E-state index in [2.05, 4.69) is 25.5 Å². The van der Waals surface area contributed by atoms with E-state index in [0.717, 1.165) is 62.8 Å². The van der Waals surface area contributed by atoms with E-state index >= 15 is 0 Å². The number of hydrogen-bond acceptors (Lipinski definition) is 7. The van der Waals surface area contributed by atoms with Crippen molar-refractivity contribution >= 4 is 5.82 Å². The van der Waals surface area contributed by atoms with Gasteiger partial charge in [0.15, 0.2) is 0 Å². The fourth-order valence-corrected chi connectivity index (χ4v) is 2.67. The molecule has 3 rings (SSSR count). The average Bonchev–Trinajstić information content (AvgIpc) is 3.00. The maximum atomic E-state index is 5.73. The van der Waals surface area contributed by atoms with E-state index < -0.39 is 0 Å². The molecule has 1 aromatic rings. The van der Waals surface area contributed by atoms with Gasteiger partial charge in [-0.2, -0.15) is 9.97 Å². The Morgan fingerprint density at radius 1 is 1.41 bits per heavy atom. The Hall–Kier alpha value is -1.44. The lowest BCUT2D eigenvalue weighted by Crippen LogP contribution is -2.29. The number of anilines is 1. The highest BCUT2D eigenvalue weighted by molar-refractivity contribution is 5.49. The number of nitrogens with zero attached hydrogens (tertiary/aromatic N) is 3. The molecule has 2 N–H and O–H groups in total. The van der Waals surface area contributed by atoms with Crippen LogP contribution < -0.4 is 15.4 Å². The van der Waals surface area contributed by atoms with Gasteiger partial charge in [0.05, 0.1) is 18.3 Å². The normalized spacial score (nSPS) is 21.0. The number of fused-ring (bicyclic) bond motifs is 1. The van der Waals surface area contributed by atoms with Gasteiger partial charge < -0.3 is 25.0 Å². The van der Waals surface area contributed by atoms with E-state index in [4.69, 9.17) is 9.47 Å². The van der Waals surface area contributed by atoms with Crippen molar-refractivity contribution in [3.8, 4) is 6.01 Å². The third-order valence-electron chi connectivity index (χ3n) is 3.95. The molecular weight excluding hydrogens is 282 g/mol. The van der Waals surface area contributed by atoms with Crippen molar-refractivity contribution in [2.75, 3.05) is 52.3 Å². The molecule has 0 amide bonds. The van der Waals surface area contributed by atoms with Crippen LogP contribution in [0.15, 0.2) is 0 Å². The van der Waals surface area contributed by atoms with Gasteiger partial charge >= 0.3 is 6.01 Å². The van der Waals surface area contributed by atoms with E-state index in [1.165, 1.54) is 0 Å². The van der Waals surface area contributed by atoms with Crippen LogP contribution in [0.25, 0.3) is 0 Å². The molecule has 7 heteroatoms. The molecule has 2 aliphatic rings. The van der Waals surface area contributed by atoms with Crippen LogP contribution >= 0.6 is 0 Å². The van der Waals surface area contributed by atoms with Crippen molar-refractivity contribution in [3.05, 3.63) is 11.3 Å². The van der Waals surface area contributed by atoms with E-state index in [1.807, 2.05) is 14.1 Å². The highest BCUT2D eigenvalue weighted by Crippen LogP contribution is 2.24. The molecule has 1 fully saturated rings. The smallest absolute Gasteiger partial charge is 0.318 e. The number of ether oxygens (including phenoxy) is 2. The zero-order valence-electron chi connectivity index (χ0n) is 13.4. The highest BCUT2D eigenvalue weighted by Gasteiger charge is 2.22. The molecule has 1 atom stereocenters. The molecule has 0 saturated carbocycles. The Morgan fingerprint density at radius 3 is 3.09 bits per heavy atom. The monoisotopic (exact) mass is 307 g/mol. The number of aromatic nitrogens is 2. The highest BCUT2D eigenvalue weighted by atomic mass is 16.5. The van der Waals surface area contributed by atoms with E-state index in [0.29, 0.717) is 18.7 Å². The summed E-state index contributed by atoms with van der Waals surface area (Å²) in [5.74, 6) is 0.896. The predicted octanol–water partition coefficient (Wildman–Crippen LogP) is 0.264. The second-order valence-electron chi connectivity index (χ2n) is 6.06. The minimum atomic E-state index is 0.329. The summed E-state index contributed by atoms with van der Waals surface area (Å²) in [6.07, 6.45) is 1.93. The minimum absolute atomic E-state index is 0.329. The van der Waals surface area contributed by atoms with Gasteiger partial charge in [0.1, 0.15) is 12.4 Å². The van der Waals surface area contributed by atoms with E-state index in [9.17, 15) is 0 Å². The summed E-state index contributed by atoms with van der Waals surface area (Å²) >= 11 is 0. The quantitative estimate of drug-likeness (QED) is 0.781. The fourth-order valence-electron chi connectivity index (χ4n) is 2.67. The van der Waals surface area contributed by atoms with Crippen LogP contribution in [-0.4, -0.2) is 67.9 Å². The topological polar surface area (TPSA) is 71.5 Å². The van der Waals surface area contributed by atoms with Gasteiger partial charge in [0.25, 0.3) is 0 Å². The zero-order valence-corrected chi connectivity index (χ0v) is 13.4. The first-order valence-electron chi connectivity index (χ1n) is 7.94. The molecule has 0 spiro atoms. The standard InChI is InChI=1S/C15H25N5O2/c1-20(2)6-8-22-15-18-13-3-5-16-9-12(13)14(19-15)17-11-4-7-21-10-11/h11,16H,3-10H2,1-2H3,(H,17,18,19). The zero-order chi connectivity index (χ0) is 15.4. The first-order chi connectivity index (χ1) is 10.7. The Morgan fingerprint density at radius 2 is 2.32 bits per heavy atom. The number of likely N-dealkylation sites (N-methyl/N-ethyl adjacent to an activating group) is 1. The number of hydrogen-bond donors (Lipinski definition) is 2. The van der Waals surface area contributed by atoms with Gasteiger partial charge in [-0.3, -0.25) is 0 Å². The number of nitrogens with one attached hydrogen (secondary N) is 2. The average molecular weight is 307 g/mol. The van der Waals surface area contributed by atoms with Crippen LogP contribution in [0.2, 0.25) is 0 Å². The molecule has 1 saturated heterocycles. The van der Waals surface area contributed by atoms with Gasteiger partial charge in [-0.05, 0) is 20.5 Å². The summed E-state index contributed by atoms with van der Waals surface area (Å²) in [7, 11) is 4.05. The first kappa shape index (κ1) is 15.5. The summed E-state index contributed by atoms with van der Waals surface area (Å²) in [6.45, 7) is 4.76. The summed E-state index contributed by atoms with van der Waals surface area (Å²) in [4.78, 5) is 11.3. The Kier molecular flexibility index (Phi) is 5.07. The van der Waals surface area contributed by atoms with Gasteiger partial charge in [0.2, 0.25) is 0 Å². The lowest BCUT2D eigenvalue weighted by molar-refractivity contribution is 0.195. The molecule has 3 heterocycles. The largest absolute Gasteiger partial charge is 0.462 e. The van der Waals surface area contributed by atoms with Gasteiger partial charge in [-0.15, -0.1) is 0 Å². The van der Waals surface area contributed by atoms with E-state index in [-0.39, 0.29) is 0 Å². The molecule has 0 bridgehead atoms. The maximum absolute atomic E-state index is 5.73.